The number of likely N-dealkylation sites (N-methyl/N-ethyl adjacent to an activating group) is 1. The van der Waals surface area contributed by atoms with E-state index in [1.165, 1.54) is 44.9 Å². The van der Waals surface area contributed by atoms with E-state index in [1.54, 1.807) is 5.57 Å². The van der Waals surface area contributed by atoms with Crippen molar-refractivity contribution in [2.24, 2.45) is 39.7 Å². The summed E-state index contributed by atoms with van der Waals surface area (Å²) in [6.07, 6.45) is 16.0. The third-order valence-electron chi connectivity index (χ3n) is 10.4. The number of oxime groups is 1. The maximum absolute atomic E-state index is 5.73. The summed E-state index contributed by atoms with van der Waals surface area (Å²) in [6.45, 7) is 9.91. The summed E-state index contributed by atoms with van der Waals surface area (Å²) < 4.78 is 1.86. The molecule has 0 aromatic carbocycles. The molecule has 6 nitrogen and oxygen atoms in total. The molecule has 6 atom stereocenters. The van der Waals surface area contributed by atoms with E-state index in [0.717, 1.165) is 54.5 Å². The molecule has 1 heterocycles. The smallest absolute Gasteiger partial charge is 0.136 e. The fourth-order valence-electron chi connectivity index (χ4n) is 8.07. The Labute approximate surface area is 206 Å². The maximum atomic E-state index is 5.73. The lowest BCUT2D eigenvalue weighted by Crippen LogP contribution is -2.50. The van der Waals surface area contributed by atoms with Gasteiger partial charge in [-0.25, -0.2) is 4.68 Å². The Hall–Kier alpha value is -1.69. The second-order valence-corrected chi connectivity index (χ2v) is 12.5. The van der Waals surface area contributed by atoms with E-state index in [9.17, 15) is 0 Å². The van der Waals surface area contributed by atoms with Crippen LogP contribution in [0.15, 0.2) is 23.0 Å². The summed E-state index contributed by atoms with van der Waals surface area (Å²) in [6, 6.07) is 0. The van der Waals surface area contributed by atoms with Crippen molar-refractivity contribution in [2.75, 3.05) is 27.2 Å². The molecular formula is C28H45N5O. The third-order valence-corrected chi connectivity index (χ3v) is 10.4. The van der Waals surface area contributed by atoms with Gasteiger partial charge in [0.25, 0.3) is 0 Å². The van der Waals surface area contributed by atoms with Crippen molar-refractivity contribution in [2.45, 2.75) is 85.1 Å². The van der Waals surface area contributed by atoms with E-state index >= 15 is 0 Å². The number of nitrogens with zero attached hydrogens (tertiary/aromatic N) is 5. The van der Waals surface area contributed by atoms with Crippen LogP contribution in [0.1, 0.15) is 77.8 Å². The zero-order valence-electron chi connectivity index (χ0n) is 22.1. The van der Waals surface area contributed by atoms with Crippen LogP contribution in [0.3, 0.4) is 0 Å². The fraction of sp³-hybridized carbons (Fsp3) is 0.821. The summed E-state index contributed by atoms with van der Waals surface area (Å²) >= 11 is 0. The monoisotopic (exact) mass is 467 g/mol. The molecule has 188 valence electrons. The molecule has 0 saturated heterocycles. The van der Waals surface area contributed by atoms with Crippen molar-refractivity contribution < 1.29 is 4.84 Å². The summed E-state index contributed by atoms with van der Waals surface area (Å²) in [5.41, 5.74) is 4.79. The largest absolute Gasteiger partial charge is 0.394 e. The molecule has 5 rings (SSSR count). The number of hydrogen-bond acceptors (Lipinski definition) is 5. The van der Waals surface area contributed by atoms with Gasteiger partial charge in [-0.2, -0.15) is 0 Å². The Morgan fingerprint density at radius 3 is 2.79 bits per heavy atom. The SMILES string of the molecule is C[C@H]1CCC2C3CCC4=C/C(=N\OCCn5cc(CCN(C)C)nn5)CC[C@]4(C)C3CC[C@@]21C. The van der Waals surface area contributed by atoms with E-state index in [2.05, 4.69) is 61.3 Å². The Balaban J connectivity index is 1.17. The predicted octanol–water partition coefficient (Wildman–Crippen LogP) is 5.35. The number of rotatable bonds is 7. The Kier molecular flexibility index (Phi) is 6.64. The van der Waals surface area contributed by atoms with E-state index in [-0.39, 0.29) is 0 Å². The summed E-state index contributed by atoms with van der Waals surface area (Å²) in [7, 11) is 4.15. The molecule has 0 amide bonds. The van der Waals surface area contributed by atoms with Crippen molar-refractivity contribution in [3.8, 4) is 0 Å². The van der Waals surface area contributed by atoms with Gasteiger partial charge < -0.3 is 9.74 Å². The molecule has 3 fully saturated rings. The van der Waals surface area contributed by atoms with Crippen molar-refractivity contribution >= 4 is 5.71 Å². The normalized spacial score (nSPS) is 38.4. The topological polar surface area (TPSA) is 55.5 Å². The first-order valence-corrected chi connectivity index (χ1v) is 13.7. The molecule has 0 radical (unpaired) electrons. The minimum atomic E-state index is 0.374. The van der Waals surface area contributed by atoms with Gasteiger partial charge in [0, 0.05) is 19.2 Å². The van der Waals surface area contributed by atoms with Crippen molar-refractivity contribution in [1.29, 1.82) is 0 Å². The summed E-state index contributed by atoms with van der Waals surface area (Å²) in [5.74, 6) is 3.67. The van der Waals surface area contributed by atoms with E-state index in [4.69, 9.17) is 4.84 Å². The Morgan fingerprint density at radius 1 is 1.12 bits per heavy atom. The van der Waals surface area contributed by atoms with Gasteiger partial charge in [-0.15, -0.1) is 5.10 Å². The Morgan fingerprint density at radius 2 is 1.97 bits per heavy atom. The first-order chi connectivity index (χ1) is 16.3. The quantitative estimate of drug-likeness (QED) is 0.400. The van der Waals surface area contributed by atoms with Crippen molar-refractivity contribution in [3.63, 3.8) is 0 Å². The van der Waals surface area contributed by atoms with Crippen LogP contribution in [-0.2, 0) is 17.8 Å². The van der Waals surface area contributed by atoms with Crippen LogP contribution < -0.4 is 0 Å². The molecule has 0 N–H and O–H groups in total. The maximum Gasteiger partial charge on any atom is 0.136 e. The van der Waals surface area contributed by atoms with Crippen LogP contribution in [0, 0.1) is 34.5 Å². The van der Waals surface area contributed by atoms with E-state index in [1.807, 2.05) is 10.9 Å². The molecule has 0 aliphatic heterocycles. The fourth-order valence-corrected chi connectivity index (χ4v) is 8.07. The average Bonchev–Trinajstić information content (AvgIpc) is 3.39. The van der Waals surface area contributed by atoms with E-state index in [0.29, 0.717) is 24.0 Å². The molecule has 3 unspecified atom stereocenters. The lowest BCUT2D eigenvalue weighted by Gasteiger charge is -2.58. The molecule has 4 aliphatic carbocycles. The van der Waals surface area contributed by atoms with Gasteiger partial charge in [0.1, 0.15) is 6.61 Å². The molecule has 0 spiro atoms. The number of aromatic nitrogens is 3. The zero-order chi connectivity index (χ0) is 23.9. The van der Waals surface area contributed by atoms with Gasteiger partial charge in [-0.3, -0.25) is 0 Å². The minimum absolute atomic E-state index is 0.374. The lowest BCUT2D eigenvalue weighted by molar-refractivity contribution is -0.0465. The van der Waals surface area contributed by atoms with Gasteiger partial charge >= 0.3 is 0 Å². The molecule has 3 saturated carbocycles. The highest BCUT2D eigenvalue weighted by Crippen LogP contribution is 2.66. The average molecular weight is 468 g/mol. The minimum Gasteiger partial charge on any atom is -0.394 e. The summed E-state index contributed by atoms with van der Waals surface area (Å²) in [4.78, 5) is 7.89. The molecule has 34 heavy (non-hydrogen) atoms. The van der Waals surface area contributed by atoms with Crippen LogP contribution in [0.25, 0.3) is 0 Å². The molecule has 1 aromatic heterocycles. The third kappa shape index (κ3) is 4.36. The molecule has 0 bridgehead atoms. The van der Waals surface area contributed by atoms with Gasteiger partial charge in [0.15, 0.2) is 0 Å². The molecule has 4 aliphatic rings. The van der Waals surface area contributed by atoms with Crippen LogP contribution in [-0.4, -0.2) is 52.9 Å². The second-order valence-electron chi connectivity index (χ2n) is 12.5. The van der Waals surface area contributed by atoms with Crippen molar-refractivity contribution in [1.82, 2.24) is 19.9 Å². The second kappa shape index (κ2) is 9.40. The molecule has 1 aromatic rings. The zero-order valence-corrected chi connectivity index (χ0v) is 22.1. The van der Waals surface area contributed by atoms with Gasteiger partial charge in [0.2, 0.25) is 0 Å². The molecule has 6 heteroatoms. The summed E-state index contributed by atoms with van der Waals surface area (Å²) in [5, 5.41) is 13.0. The van der Waals surface area contributed by atoms with Gasteiger partial charge in [0.05, 0.1) is 18.0 Å². The number of fused-ring (bicyclic) bond motifs is 5. The lowest BCUT2D eigenvalue weighted by atomic mass is 9.47. The first kappa shape index (κ1) is 24.0. The van der Waals surface area contributed by atoms with Crippen molar-refractivity contribution in [3.05, 3.63) is 23.5 Å². The van der Waals surface area contributed by atoms with Crippen LogP contribution in [0.2, 0.25) is 0 Å². The van der Waals surface area contributed by atoms with Gasteiger partial charge in [-0.1, -0.05) is 36.7 Å². The van der Waals surface area contributed by atoms with Crippen LogP contribution >= 0.6 is 0 Å². The first-order valence-electron chi connectivity index (χ1n) is 13.7. The highest BCUT2D eigenvalue weighted by Gasteiger charge is 2.57. The highest BCUT2D eigenvalue weighted by atomic mass is 16.6. The number of hydrogen-bond donors (Lipinski definition) is 0. The number of allylic oxidation sites excluding steroid dienone is 2. The predicted molar refractivity (Wildman–Crippen MR) is 137 cm³/mol. The van der Waals surface area contributed by atoms with Crippen LogP contribution in [0.4, 0.5) is 0 Å². The highest BCUT2D eigenvalue weighted by molar-refractivity contribution is 5.96. The van der Waals surface area contributed by atoms with Crippen LogP contribution in [0.5, 0.6) is 0 Å². The standard InChI is InChI=1S/C28H45N5O/c1-20-6-9-25-24-8-7-21-18-22(10-13-28(21,3)26(24)11-14-27(20,25)2)30-34-17-16-33-19-23(29-31-33)12-15-32(4)5/h18-20,24-26H,6-17H2,1-5H3/b30-22-/t20-,24?,25?,26?,27+,28-/m0/s1. The Bertz CT molecular complexity index is 935. The van der Waals surface area contributed by atoms with E-state index < -0.39 is 0 Å². The molecular weight excluding hydrogens is 422 g/mol. The van der Waals surface area contributed by atoms with Gasteiger partial charge in [-0.05, 0) is 106 Å².